The van der Waals surface area contributed by atoms with Gasteiger partial charge in [-0.15, -0.1) is 11.3 Å². The number of nitrogens with one attached hydrogen (secondary N) is 2. The molecule has 0 bridgehead atoms. The molecule has 0 saturated heterocycles. The van der Waals surface area contributed by atoms with Crippen LogP contribution in [-0.2, 0) is 4.79 Å². The number of nitrogens with zero attached hydrogens (tertiary/aromatic N) is 2. The molecule has 4 N–H and O–H groups in total. The smallest absolute Gasteiger partial charge is 0.339 e. The third kappa shape index (κ3) is 4.23. The third-order valence-corrected chi connectivity index (χ3v) is 5.43. The number of anilines is 3. The zero-order valence-electron chi connectivity index (χ0n) is 14.4. The second-order valence-electron chi connectivity index (χ2n) is 5.54. The number of phenols is 1. The Balaban J connectivity index is 1.78. The minimum Gasteiger partial charge on any atom is -0.507 e. The van der Waals surface area contributed by atoms with Crippen LogP contribution in [0.2, 0.25) is 0 Å². The van der Waals surface area contributed by atoms with Crippen LogP contribution < -0.4 is 10.6 Å². The summed E-state index contributed by atoms with van der Waals surface area (Å²) in [5.41, 5.74) is 1.85. The molecule has 10 heteroatoms. The van der Waals surface area contributed by atoms with E-state index in [2.05, 4.69) is 20.6 Å². The molecular formula is C17H16N4O4S2. The van der Waals surface area contributed by atoms with Gasteiger partial charge in [-0.05, 0) is 19.1 Å². The summed E-state index contributed by atoms with van der Waals surface area (Å²) in [6, 6.07) is 4.21. The first kappa shape index (κ1) is 18.8. The Bertz CT molecular complexity index is 1010. The van der Waals surface area contributed by atoms with Gasteiger partial charge in [0.1, 0.15) is 11.3 Å². The summed E-state index contributed by atoms with van der Waals surface area (Å²) >= 11 is 2.71. The van der Waals surface area contributed by atoms with Gasteiger partial charge < -0.3 is 20.8 Å². The van der Waals surface area contributed by atoms with Crippen molar-refractivity contribution < 1.29 is 19.8 Å². The van der Waals surface area contributed by atoms with E-state index in [1.807, 2.05) is 12.3 Å². The van der Waals surface area contributed by atoms with E-state index in [9.17, 15) is 14.7 Å². The van der Waals surface area contributed by atoms with E-state index in [0.717, 1.165) is 16.3 Å². The summed E-state index contributed by atoms with van der Waals surface area (Å²) in [4.78, 5) is 32.2. The molecule has 0 saturated carbocycles. The highest BCUT2D eigenvalue weighted by Gasteiger charge is 2.15. The molecule has 0 fully saturated rings. The lowest BCUT2D eigenvalue weighted by molar-refractivity contribution is -0.115. The van der Waals surface area contributed by atoms with Crippen LogP contribution >= 0.6 is 22.7 Å². The number of carboxylic acids is 1. The number of aromatic carboxylic acids is 1. The van der Waals surface area contributed by atoms with Crippen LogP contribution in [0.3, 0.4) is 0 Å². The fourth-order valence-corrected chi connectivity index (χ4v) is 3.98. The molecule has 0 aliphatic heterocycles. The van der Waals surface area contributed by atoms with Crippen molar-refractivity contribution in [3.8, 4) is 16.3 Å². The Morgan fingerprint density at radius 1 is 1.22 bits per heavy atom. The fraction of sp³-hybridized carbons (Fsp3) is 0.176. The highest BCUT2D eigenvalue weighted by Crippen LogP contribution is 2.35. The van der Waals surface area contributed by atoms with Crippen molar-refractivity contribution in [3.63, 3.8) is 0 Å². The Morgan fingerprint density at radius 3 is 2.67 bits per heavy atom. The molecule has 0 unspecified atom stereocenters. The lowest BCUT2D eigenvalue weighted by atomic mass is 10.2. The summed E-state index contributed by atoms with van der Waals surface area (Å²) in [6.45, 7) is 3.62. The van der Waals surface area contributed by atoms with Crippen molar-refractivity contribution in [2.24, 2.45) is 0 Å². The number of thiazole rings is 2. The summed E-state index contributed by atoms with van der Waals surface area (Å²) in [5.74, 6) is -1.61. The van der Waals surface area contributed by atoms with Gasteiger partial charge in [0.15, 0.2) is 10.3 Å². The van der Waals surface area contributed by atoms with E-state index in [-0.39, 0.29) is 17.2 Å². The normalized spacial score (nSPS) is 10.6. The highest BCUT2D eigenvalue weighted by atomic mass is 32.1. The predicted octanol–water partition coefficient (Wildman–Crippen LogP) is 4.07. The SMILES string of the molecule is CCC(=O)Nc1nc(C)c(-c2csc(Nc3ccc(C(=O)O)c(O)c3)n2)s1. The first-order valence-corrected chi connectivity index (χ1v) is 9.63. The van der Waals surface area contributed by atoms with Crippen LogP contribution in [0.4, 0.5) is 16.0 Å². The van der Waals surface area contributed by atoms with Gasteiger partial charge in [0.25, 0.3) is 0 Å². The van der Waals surface area contributed by atoms with Crippen molar-refractivity contribution >= 4 is 50.5 Å². The zero-order chi connectivity index (χ0) is 19.6. The summed E-state index contributed by atoms with van der Waals surface area (Å²) in [7, 11) is 0. The molecule has 2 heterocycles. The van der Waals surface area contributed by atoms with E-state index in [0.29, 0.717) is 22.4 Å². The second-order valence-corrected chi connectivity index (χ2v) is 7.39. The number of rotatable bonds is 6. The molecule has 27 heavy (non-hydrogen) atoms. The van der Waals surface area contributed by atoms with Crippen LogP contribution in [0, 0.1) is 6.92 Å². The van der Waals surface area contributed by atoms with Crippen molar-refractivity contribution in [1.29, 1.82) is 0 Å². The number of carbonyl (C=O) groups excluding carboxylic acids is 1. The van der Waals surface area contributed by atoms with Gasteiger partial charge >= 0.3 is 5.97 Å². The second kappa shape index (κ2) is 7.72. The Hall–Kier alpha value is -2.98. The lowest BCUT2D eigenvalue weighted by Crippen LogP contribution is -2.08. The molecule has 3 aromatic rings. The number of aromatic hydroxyl groups is 1. The largest absolute Gasteiger partial charge is 0.507 e. The van der Waals surface area contributed by atoms with Gasteiger partial charge in [0.2, 0.25) is 5.91 Å². The van der Waals surface area contributed by atoms with E-state index >= 15 is 0 Å². The molecule has 0 atom stereocenters. The fourth-order valence-electron chi connectivity index (χ4n) is 2.24. The number of aryl methyl sites for hydroxylation is 1. The molecule has 1 aromatic carbocycles. The minimum absolute atomic E-state index is 0.0967. The Kier molecular flexibility index (Phi) is 5.38. The predicted molar refractivity (Wildman–Crippen MR) is 105 cm³/mol. The molecule has 3 rings (SSSR count). The van der Waals surface area contributed by atoms with Crippen LogP contribution in [-0.4, -0.2) is 32.1 Å². The quantitative estimate of drug-likeness (QED) is 0.488. The van der Waals surface area contributed by atoms with E-state index in [1.165, 1.54) is 34.8 Å². The number of carbonyl (C=O) groups is 2. The number of amides is 1. The summed E-state index contributed by atoms with van der Waals surface area (Å²) < 4.78 is 0. The van der Waals surface area contributed by atoms with E-state index in [1.54, 1.807) is 13.0 Å². The average molecular weight is 404 g/mol. The molecule has 0 aliphatic rings. The lowest BCUT2D eigenvalue weighted by Gasteiger charge is -2.05. The minimum atomic E-state index is -1.19. The van der Waals surface area contributed by atoms with Crippen molar-refractivity contribution in [3.05, 3.63) is 34.8 Å². The van der Waals surface area contributed by atoms with Crippen molar-refractivity contribution in [2.75, 3.05) is 10.6 Å². The maximum Gasteiger partial charge on any atom is 0.339 e. The monoisotopic (exact) mass is 404 g/mol. The van der Waals surface area contributed by atoms with Gasteiger partial charge in [0.05, 0.1) is 16.3 Å². The first-order valence-electron chi connectivity index (χ1n) is 7.94. The Morgan fingerprint density at radius 2 is 2.00 bits per heavy atom. The molecule has 8 nitrogen and oxygen atoms in total. The van der Waals surface area contributed by atoms with Gasteiger partial charge in [-0.1, -0.05) is 18.3 Å². The Labute approximate surface area is 162 Å². The van der Waals surface area contributed by atoms with Gasteiger partial charge in [-0.3, -0.25) is 4.79 Å². The maximum atomic E-state index is 11.5. The molecule has 0 aliphatic carbocycles. The van der Waals surface area contributed by atoms with Crippen LogP contribution in [0.5, 0.6) is 5.75 Å². The van der Waals surface area contributed by atoms with Gasteiger partial charge in [0, 0.05) is 23.6 Å². The van der Waals surface area contributed by atoms with Crippen LogP contribution in [0.25, 0.3) is 10.6 Å². The number of carboxylic acid groups (broad SMARTS) is 1. The molecule has 140 valence electrons. The van der Waals surface area contributed by atoms with Crippen molar-refractivity contribution in [1.82, 2.24) is 9.97 Å². The highest BCUT2D eigenvalue weighted by molar-refractivity contribution is 7.20. The van der Waals surface area contributed by atoms with Crippen LogP contribution in [0.15, 0.2) is 23.6 Å². The topological polar surface area (TPSA) is 124 Å². The van der Waals surface area contributed by atoms with E-state index < -0.39 is 5.97 Å². The third-order valence-electron chi connectivity index (χ3n) is 3.58. The molecule has 2 aromatic heterocycles. The average Bonchev–Trinajstić information content (AvgIpc) is 3.20. The summed E-state index contributed by atoms with van der Waals surface area (Å²) in [5, 5.41) is 27.5. The first-order chi connectivity index (χ1) is 12.9. The van der Waals surface area contributed by atoms with Crippen molar-refractivity contribution in [2.45, 2.75) is 20.3 Å². The number of hydrogen-bond donors (Lipinski definition) is 4. The van der Waals surface area contributed by atoms with Crippen LogP contribution in [0.1, 0.15) is 29.4 Å². The molecule has 0 radical (unpaired) electrons. The van der Waals surface area contributed by atoms with Gasteiger partial charge in [-0.25, -0.2) is 14.8 Å². The summed E-state index contributed by atoms with van der Waals surface area (Å²) in [6.07, 6.45) is 0.381. The van der Waals surface area contributed by atoms with E-state index in [4.69, 9.17) is 5.11 Å². The molecule has 0 spiro atoms. The maximum absolute atomic E-state index is 11.5. The number of benzene rings is 1. The standard InChI is InChI=1S/C17H16N4O4S2/c1-3-13(23)21-17-18-8(2)14(27-17)11-7-26-16(20-11)19-9-4-5-10(15(24)25)12(22)6-9/h4-7,22H,3H2,1-2H3,(H,19,20)(H,24,25)(H,18,21,23). The number of aromatic nitrogens is 2. The molecular weight excluding hydrogens is 388 g/mol. The zero-order valence-corrected chi connectivity index (χ0v) is 16.1. The number of hydrogen-bond acceptors (Lipinski definition) is 8. The van der Waals surface area contributed by atoms with Gasteiger partial charge in [-0.2, -0.15) is 0 Å². The molecule has 1 amide bonds.